The van der Waals surface area contributed by atoms with Crippen LogP contribution < -0.4 is 0 Å². The summed E-state index contributed by atoms with van der Waals surface area (Å²) < 4.78 is 26.9. The fourth-order valence-electron chi connectivity index (χ4n) is 1.48. The van der Waals surface area contributed by atoms with E-state index in [1.807, 2.05) is 13.8 Å². The lowest BCUT2D eigenvalue weighted by Crippen LogP contribution is -2.34. The van der Waals surface area contributed by atoms with Crippen LogP contribution in [0.5, 0.6) is 0 Å². The van der Waals surface area contributed by atoms with E-state index in [1.165, 1.54) is 4.31 Å². The maximum atomic E-state index is 12.5. The van der Waals surface area contributed by atoms with Gasteiger partial charge >= 0.3 is 0 Å². The topological polar surface area (TPSA) is 37.4 Å². The van der Waals surface area contributed by atoms with Gasteiger partial charge in [-0.25, -0.2) is 8.42 Å². The molecule has 1 aromatic rings. The third-order valence-electron chi connectivity index (χ3n) is 3.02. The number of rotatable bonds is 5. The van der Waals surface area contributed by atoms with Gasteiger partial charge in [0.2, 0.25) is 10.0 Å². The van der Waals surface area contributed by atoms with Gasteiger partial charge in [-0.15, -0.1) is 11.6 Å². The molecular formula is C12H17BrClNO2S. The standard InChI is InChI=1S/C12H17BrClNO2S/c1-4-9(2)15(3)18(16,17)12-7-10(8-14)5-6-11(12)13/h5-7,9H,4,8H2,1-3H3. The highest BCUT2D eigenvalue weighted by molar-refractivity contribution is 9.10. The highest BCUT2D eigenvalue weighted by Crippen LogP contribution is 2.27. The third kappa shape index (κ3) is 3.26. The molecule has 0 aromatic heterocycles. The average molecular weight is 355 g/mol. The minimum atomic E-state index is -3.49. The first-order valence-electron chi connectivity index (χ1n) is 5.67. The summed E-state index contributed by atoms with van der Waals surface area (Å²) in [5, 5.41) is 0. The summed E-state index contributed by atoms with van der Waals surface area (Å²) in [7, 11) is -1.89. The first kappa shape index (κ1) is 16.0. The number of alkyl halides is 1. The van der Waals surface area contributed by atoms with Crippen molar-refractivity contribution in [1.82, 2.24) is 4.31 Å². The van der Waals surface area contributed by atoms with Crippen LogP contribution in [0.3, 0.4) is 0 Å². The first-order valence-corrected chi connectivity index (χ1v) is 8.43. The van der Waals surface area contributed by atoms with E-state index in [2.05, 4.69) is 15.9 Å². The number of benzene rings is 1. The molecule has 0 fully saturated rings. The molecule has 1 unspecified atom stereocenters. The zero-order valence-corrected chi connectivity index (χ0v) is 13.8. The Morgan fingerprint density at radius 3 is 2.56 bits per heavy atom. The van der Waals surface area contributed by atoms with E-state index in [-0.39, 0.29) is 10.9 Å². The Balaban J connectivity index is 3.27. The molecule has 0 saturated carbocycles. The molecule has 0 heterocycles. The predicted octanol–water partition coefficient (Wildman–Crippen LogP) is 3.61. The molecule has 0 N–H and O–H groups in total. The van der Waals surface area contributed by atoms with Crippen LogP contribution >= 0.6 is 27.5 Å². The van der Waals surface area contributed by atoms with E-state index in [9.17, 15) is 8.42 Å². The maximum absolute atomic E-state index is 12.5. The van der Waals surface area contributed by atoms with Crippen LogP contribution in [-0.4, -0.2) is 25.8 Å². The molecule has 1 atom stereocenters. The number of sulfonamides is 1. The van der Waals surface area contributed by atoms with Crippen molar-refractivity contribution in [2.75, 3.05) is 7.05 Å². The van der Waals surface area contributed by atoms with Crippen LogP contribution in [0, 0.1) is 0 Å². The van der Waals surface area contributed by atoms with Gasteiger partial charge in [-0.3, -0.25) is 0 Å². The molecule has 3 nitrogen and oxygen atoms in total. The first-order chi connectivity index (χ1) is 8.34. The molecule has 0 amide bonds. The van der Waals surface area contributed by atoms with Crippen LogP contribution in [0.2, 0.25) is 0 Å². The molecule has 0 aliphatic rings. The average Bonchev–Trinajstić information content (AvgIpc) is 2.37. The quantitative estimate of drug-likeness (QED) is 0.758. The summed E-state index contributed by atoms with van der Waals surface area (Å²) in [4.78, 5) is 0.267. The number of hydrogen-bond donors (Lipinski definition) is 0. The van der Waals surface area contributed by atoms with Crippen molar-refractivity contribution < 1.29 is 8.42 Å². The van der Waals surface area contributed by atoms with E-state index in [0.29, 0.717) is 10.4 Å². The zero-order valence-electron chi connectivity index (χ0n) is 10.7. The van der Waals surface area contributed by atoms with Crippen molar-refractivity contribution in [2.45, 2.75) is 37.1 Å². The summed E-state index contributed by atoms with van der Waals surface area (Å²) in [6.07, 6.45) is 0.766. The van der Waals surface area contributed by atoms with Crippen LogP contribution in [0.4, 0.5) is 0 Å². The van der Waals surface area contributed by atoms with E-state index < -0.39 is 10.0 Å². The van der Waals surface area contributed by atoms with Crippen molar-refractivity contribution in [1.29, 1.82) is 0 Å². The van der Waals surface area contributed by atoms with Gasteiger partial charge in [0.15, 0.2) is 0 Å². The van der Waals surface area contributed by atoms with E-state index in [4.69, 9.17) is 11.6 Å². The maximum Gasteiger partial charge on any atom is 0.244 e. The number of halogens is 2. The Bertz CT molecular complexity index is 519. The largest absolute Gasteiger partial charge is 0.244 e. The van der Waals surface area contributed by atoms with Crippen molar-refractivity contribution in [3.8, 4) is 0 Å². The minimum absolute atomic E-state index is 0.0402. The molecule has 0 bridgehead atoms. The Labute approximate surface area is 122 Å². The van der Waals surface area contributed by atoms with Gasteiger partial charge < -0.3 is 0 Å². The highest BCUT2D eigenvalue weighted by Gasteiger charge is 2.26. The summed E-state index contributed by atoms with van der Waals surface area (Å²) >= 11 is 9.03. The molecular weight excluding hydrogens is 338 g/mol. The summed E-state index contributed by atoms with van der Waals surface area (Å²) in [5.74, 6) is 0.294. The zero-order chi connectivity index (χ0) is 13.9. The molecule has 0 aliphatic heterocycles. The van der Waals surface area contributed by atoms with Gasteiger partial charge in [0.1, 0.15) is 0 Å². The summed E-state index contributed by atoms with van der Waals surface area (Å²) in [5.41, 5.74) is 0.788. The van der Waals surface area contributed by atoms with Crippen molar-refractivity contribution in [3.63, 3.8) is 0 Å². The summed E-state index contributed by atoms with van der Waals surface area (Å²) in [6.45, 7) is 3.85. The van der Waals surface area contributed by atoms with E-state index >= 15 is 0 Å². The van der Waals surface area contributed by atoms with Crippen molar-refractivity contribution in [2.24, 2.45) is 0 Å². The van der Waals surface area contributed by atoms with Crippen molar-refractivity contribution in [3.05, 3.63) is 28.2 Å². The SMILES string of the molecule is CCC(C)N(C)S(=O)(=O)c1cc(CCl)ccc1Br. The van der Waals surface area contributed by atoms with Crippen LogP contribution in [0.15, 0.2) is 27.6 Å². The van der Waals surface area contributed by atoms with Crippen molar-refractivity contribution >= 4 is 37.6 Å². The molecule has 6 heteroatoms. The molecule has 1 rings (SSSR count). The predicted molar refractivity (Wildman–Crippen MR) is 78.4 cm³/mol. The molecule has 0 saturated heterocycles. The normalized spacial score (nSPS) is 13.9. The van der Waals surface area contributed by atoms with Gasteiger partial charge in [-0.05, 0) is 47.0 Å². The molecule has 1 aromatic carbocycles. The Morgan fingerprint density at radius 2 is 2.06 bits per heavy atom. The van der Waals surface area contributed by atoms with Crippen LogP contribution in [0.25, 0.3) is 0 Å². The van der Waals surface area contributed by atoms with Gasteiger partial charge in [-0.1, -0.05) is 13.0 Å². The van der Waals surface area contributed by atoms with Gasteiger partial charge in [-0.2, -0.15) is 4.31 Å². The smallest absolute Gasteiger partial charge is 0.207 e. The van der Waals surface area contributed by atoms with Gasteiger partial charge in [0, 0.05) is 23.4 Å². The molecule has 0 spiro atoms. The second-order valence-corrected chi connectivity index (χ2v) is 7.26. The van der Waals surface area contributed by atoms with E-state index in [1.54, 1.807) is 25.2 Å². The lowest BCUT2D eigenvalue weighted by atomic mass is 10.2. The van der Waals surface area contributed by atoms with Gasteiger partial charge in [0.05, 0.1) is 4.90 Å². The minimum Gasteiger partial charge on any atom is -0.207 e. The number of hydrogen-bond acceptors (Lipinski definition) is 2. The molecule has 18 heavy (non-hydrogen) atoms. The molecule has 0 aliphatic carbocycles. The molecule has 102 valence electrons. The summed E-state index contributed by atoms with van der Waals surface area (Å²) in [6, 6.07) is 5.10. The lowest BCUT2D eigenvalue weighted by Gasteiger charge is -2.24. The molecule has 0 radical (unpaired) electrons. The third-order valence-corrected chi connectivity index (χ3v) is 6.29. The fourth-order valence-corrected chi connectivity index (χ4v) is 4.05. The Kier molecular flexibility index (Phi) is 5.65. The second-order valence-electron chi connectivity index (χ2n) is 4.18. The van der Waals surface area contributed by atoms with Crippen LogP contribution in [0.1, 0.15) is 25.8 Å². The second kappa shape index (κ2) is 6.37. The number of nitrogens with zero attached hydrogens (tertiary/aromatic N) is 1. The Hall–Kier alpha value is -0.100. The van der Waals surface area contributed by atoms with Crippen LogP contribution in [-0.2, 0) is 15.9 Å². The van der Waals surface area contributed by atoms with E-state index in [0.717, 1.165) is 12.0 Å². The fraction of sp³-hybridized carbons (Fsp3) is 0.500. The highest BCUT2D eigenvalue weighted by atomic mass is 79.9. The van der Waals surface area contributed by atoms with Gasteiger partial charge in [0.25, 0.3) is 0 Å². The lowest BCUT2D eigenvalue weighted by molar-refractivity contribution is 0.380. The Morgan fingerprint density at radius 1 is 1.44 bits per heavy atom. The monoisotopic (exact) mass is 353 g/mol.